The van der Waals surface area contributed by atoms with Gasteiger partial charge >= 0.3 is 68.0 Å². The molecule has 0 rings (SSSR count). The van der Waals surface area contributed by atoms with Crippen LogP contribution in [0.15, 0.2) is 10.2 Å². The number of hydrogen-bond donors (Lipinski definition) is 1. The molecule has 0 amide bonds. The molecule has 0 saturated carbocycles. The Balaban J connectivity index is 0. The topological polar surface area (TPSA) is 12.0 Å². The number of rotatable bonds is 5. The molecule has 0 spiro atoms. The molecular formula is C7H16ClIN-. The molecule has 1 nitrogen and oxygen atoms in total. The van der Waals surface area contributed by atoms with E-state index >= 15 is 0 Å². The summed E-state index contributed by atoms with van der Waals surface area (Å²) < 4.78 is 2.82. The molecule has 64 valence electrons. The van der Waals surface area contributed by atoms with Gasteiger partial charge in [0.2, 0.25) is 0 Å². The van der Waals surface area contributed by atoms with Crippen molar-refractivity contribution in [2.75, 3.05) is 18.0 Å². The Kier molecular flexibility index (Phi) is 12.9. The molecular weight excluding hydrogens is 260 g/mol. The van der Waals surface area contributed by atoms with Crippen molar-refractivity contribution in [1.82, 2.24) is 5.32 Å². The second-order valence-electron chi connectivity index (χ2n) is 1.87. The molecule has 0 bridgehead atoms. The zero-order valence-electron chi connectivity index (χ0n) is 6.61. The number of hydrogen-bond acceptors (Lipinski definition) is 1. The third-order valence-electron chi connectivity index (χ3n) is 0.841. The minimum absolute atomic E-state index is 0. The van der Waals surface area contributed by atoms with Gasteiger partial charge in [-0.3, -0.25) is 0 Å². The maximum Gasteiger partial charge on any atom is -0.147 e. The Bertz CT molecular complexity index is 85.7. The molecule has 0 saturated heterocycles. The molecule has 1 N–H and O–H groups in total. The van der Waals surface area contributed by atoms with Gasteiger partial charge in [-0.25, -0.2) is 0 Å². The maximum atomic E-state index is 3.97. The summed E-state index contributed by atoms with van der Waals surface area (Å²) >= 11 is 0.299. The summed E-state index contributed by atoms with van der Waals surface area (Å²) in [6.07, 6.45) is 1.32. The van der Waals surface area contributed by atoms with Gasteiger partial charge in [0.1, 0.15) is 0 Å². The molecule has 0 fully saturated rings. The van der Waals surface area contributed by atoms with Gasteiger partial charge in [0.25, 0.3) is 0 Å². The standard InChI is InChI=1S/C7H15IN.ClH/c1-4-5-8-7(2)6-9-3;/h9H,2,4-6H2,1,3H3;1H/q-1;. The Morgan fingerprint density at radius 1 is 1.60 bits per heavy atom. The average molecular weight is 277 g/mol. The first-order chi connectivity index (χ1) is 4.31. The quantitative estimate of drug-likeness (QED) is 0.483. The van der Waals surface area contributed by atoms with Crippen LogP contribution in [-0.4, -0.2) is 18.0 Å². The van der Waals surface area contributed by atoms with Crippen molar-refractivity contribution in [3.63, 3.8) is 0 Å². The molecule has 0 radical (unpaired) electrons. The van der Waals surface area contributed by atoms with Gasteiger partial charge in [0.15, 0.2) is 0 Å². The van der Waals surface area contributed by atoms with Crippen LogP contribution in [0.1, 0.15) is 13.3 Å². The van der Waals surface area contributed by atoms with E-state index in [9.17, 15) is 0 Å². The molecule has 0 aliphatic rings. The van der Waals surface area contributed by atoms with Crippen molar-refractivity contribution in [3.8, 4) is 0 Å². The molecule has 0 unspecified atom stereocenters. The predicted molar refractivity (Wildman–Crippen MR) is 45.5 cm³/mol. The van der Waals surface area contributed by atoms with E-state index in [1.165, 1.54) is 14.4 Å². The van der Waals surface area contributed by atoms with Crippen molar-refractivity contribution < 1.29 is 21.2 Å². The maximum absolute atomic E-state index is 3.97. The second kappa shape index (κ2) is 9.72. The SMILES string of the molecule is C=C(CNC)[I-]CCC.Cl. The third-order valence-corrected chi connectivity index (χ3v) is 3.92. The minimum atomic E-state index is 0. The van der Waals surface area contributed by atoms with Crippen LogP contribution in [0, 0.1) is 0 Å². The molecule has 0 heterocycles. The Labute approximate surface area is 80.3 Å². The van der Waals surface area contributed by atoms with Crippen LogP contribution in [0.4, 0.5) is 0 Å². The summed E-state index contributed by atoms with van der Waals surface area (Å²) in [5.74, 6) is 0. The van der Waals surface area contributed by atoms with E-state index in [1.54, 1.807) is 0 Å². The van der Waals surface area contributed by atoms with Crippen molar-refractivity contribution in [3.05, 3.63) is 10.2 Å². The van der Waals surface area contributed by atoms with Crippen LogP contribution in [0.2, 0.25) is 0 Å². The third kappa shape index (κ3) is 8.72. The van der Waals surface area contributed by atoms with Crippen LogP contribution in [0.5, 0.6) is 0 Å². The Morgan fingerprint density at radius 3 is 2.60 bits per heavy atom. The number of likely N-dealkylation sites (N-methyl/N-ethyl adjacent to an activating group) is 1. The first-order valence-corrected chi connectivity index (χ1v) is 5.83. The fourth-order valence-electron chi connectivity index (χ4n) is 0.467. The second-order valence-corrected chi connectivity index (χ2v) is 5.24. The van der Waals surface area contributed by atoms with Crippen LogP contribution in [0.25, 0.3) is 0 Å². The monoisotopic (exact) mass is 276 g/mol. The molecule has 0 aromatic heterocycles. The van der Waals surface area contributed by atoms with Gasteiger partial charge in [0.05, 0.1) is 0 Å². The first kappa shape index (κ1) is 13.3. The summed E-state index contributed by atoms with van der Waals surface area (Å²) in [4.78, 5) is 0. The van der Waals surface area contributed by atoms with E-state index in [4.69, 9.17) is 0 Å². The van der Waals surface area contributed by atoms with Gasteiger partial charge in [-0.15, -0.1) is 12.4 Å². The van der Waals surface area contributed by atoms with Gasteiger partial charge < -0.3 is 0 Å². The van der Waals surface area contributed by atoms with E-state index in [-0.39, 0.29) is 12.4 Å². The van der Waals surface area contributed by atoms with Gasteiger partial charge in [-0.2, -0.15) is 0 Å². The van der Waals surface area contributed by atoms with Crippen molar-refractivity contribution in [1.29, 1.82) is 0 Å². The normalized spacial score (nSPS) is 9.00. The summed E-state index contributed by atoms with van der Waals surface area (Å²) in [7, 11) is 1.97. The fourth-order valence-corrected chi connectivity index (χ4v) is 2.42. The van der Waals surface area contributed by atoms with Crippen LogP contribution in [0.3, 0.4) is 0 Å². The zero-order valence-corrected chi connectivity index (χ0v) is 9.59. The number of halogens is 2. The largest absolute Gasteiger partial charge is 0.147 e. The summed E-state index contributed by atoms with van der Waals surface area (Å²) in [5, 5.41) is 3.10. The molecule has 0 aliphatic carbocycles. The van der Waals surface area contributed by atoms with E-state index < -0.39 is 0 Å². The van der Waals surface area contributed by atoms with Crippen LogP contribution in [-0.2, 0) is 0 Å². The molecule has 10 heavy (non-hydrogen) atoms. The summed E-state index contributed by atoms with van der Waals surface area (Å²) in [6.45, 7) is 7.22. The number of nitrogens with one attached hydrogen (secondary N) is 1. The Hall–Kier alpha value is 0.720. The van der Waals surface area contributed by atoms with Crippen LogP contribution >= 0.6 is 12.4 Å². The Morgan fingerprint density at radius 2 is 2.20 bits per heavy atom. The van der Waals surface area contributed by atoms with Crippen LogP contribution < -0.4 is 26.5 Å². The van der Waals surface area contributed by atoms with Gasteiger partial charge in [-0.05, 0) is 0 Å². The molecule has 0 aromatic rings. The van der Waals surface area contributed by atoms with Crippen molar-refractivity contribution in [2.45, 2.75) is 13.3 Å². The van der Waals surface area contributed by atoms with Crippen molar-refractivity contribution >= 4 is 12.4 Å². The first-order valence-electron chi connectivity index (χ1n) is 3.22. The minimum Gasteiger partial charge on any atom is -0.147 e. The van der Waals surface area contributed by atoms with Gasteiger partial charge in [-0.1, -0.05) is 0 Å². The smallest absolute Gasteiger partial charge is 0.147 e. The van der Waals surface area contributed by atoms with E-state index in [1.807, 2.05) is 7.05 Å². The van der Waals surface area contributed by atoms with Gasteiger partial charge in [0, 0.05) is 0 Å². The molecule has 0 aromatic carbocycles. The zero-order chi connectivity index (χ0) is 7.11. The summed E-state index contributed by atoms with van der Waals surface area (Å²) in [5.41, 5.74) is 0. The predicted octanol–water partition coefficient (Wildman–Crippen LogP) is -1.36. The molecule has 3 heteroatoms. The van der Waals surface area contributed by atoms with E-state index in [0.29, 0.717) is 21.2 Å². The van der Waals surface area contributed by atoms with E-state index in [0.717, 1.165) is 6.54 Å². The molecule has 0 atom stereocenters. The number of alkyl halides is 1. The fraction of sp³-hybridized carbons (Fsp3) is 0.714. The average Bonchev–Trinajstić information content (AvgIpc) is 1.85. The van der Waals surface area contributed by atoms with E-state index in [2.05, 4.69) is 18.8 Å². The molecule has 0 aliphatic heterocycles. The summed E-state index contributed by atoms with van der Waals surface area (Å²) in [6, 6.07) is 0. The van der Waals surface area contributed by atoms with Crippen molar-refractivity contribution in [2.24, 2.45) is 0 Å².